The van der Waals surface area contributed by atoms with E-state index in [1.54, 1.807) is 17.0 Å². The number of piperidine rings is 1. The highest BCUT2D eigenvalue weighted by molar-refractivity contribution is 5.87. The molecule has 5 rings (SSSR count). The minimum absolute atomic E-state index is 0.0606. The van der Waals surface area contributed by atoms with Gasteiger partial charge in [0, 0.05) is 25.2 Å². The lowest BCUT2D eigenvalue weighted by Gasteiger charge is -2.39. The first-order chi connectivity index (χ1) is 14.9. The highest BCUT2D eigenvalue weighted by Gasteiger charge is 2.56. The second-order valence-electron chi connectivity index (χ2n) is 9.38. The van der Waals surface area contributed by atoms with E-state index in [2.05, 4.69) is 6.07 Å². The van der Waals surface area contributed by atoms with Crippen LogP contribution in [0.4, 0.5) is 4.39 Å². The number of hydrogen-bond acceptors (Lipinski definition) is 5. The van der Waals surface area contributed by atoms with Crippen molar-refractivity contribution >= 4 is 11.8 Å². The standard InChI is InChI=1S/C23H28FN5O2/c1-2-19(13-3-5-15(24)6-4-13)29-17-9-21(23(29)31)27(11-17)12-18(26)22(30)28-16(10-25)7-14-8-20(14)28/h3-6,14,16-21H,2,7-9,11-12,26H2,1H3/t14-,16+,17?,18+,19-,20+,21+/m1/s1. The Bertz CT molecular complexity index is 931. The molecule has 1 aliphatic carbocycles. The zero-order valence-electron chi connectivity index (χ0n) is 17.7. The third-order valence-electron chi connectivity index (χ3n) is 7.55. The molecule has 3 aliphatic heterocycles. The van der Waals surface area contributed by atoms with Crippen molar-refractivity contribution in [1.29, 1.82) is 5.26 Å². The Kier molecular flexibility index (Phi) is 4.98. The maximum Gasteiger partial charge on any atom is 0.242 e. The molecule has 1 aromatic carbocycles. The van der Waals surface area contributed by atoms with Crippen molar-refractivity contribution in [2.75, 3.05) is 13.1 Å². The van der Waals surface area contributed by atoms with Crippen molar-refractivity contribution in [2.45, 2.75) is 68.9 Å². The average Bonchev–Trinajstić information content (AvgIpc) is 3.10. The lowest BCUT2D eigenvalue weighted by molar-refractivity contribution is -0.141. The van der Waals surface area contributed by atoms with Gasteiger partial charge in [-0.15, -0.1) is 0 Å². The first-order valence-electron chi connectivity index (χ1n) is 11.2. The molecule has 0 radical (unpaired) electrons. The number of nitrogens with zero attached hydrogens (tertiary/aromatic N) is 4. The Morgan fingerprint density at radius 2 is 2.03 bits per heavy atom. The fourth-order valence-corrected chi connectivity index (χ4v) is 5.99. The number of carbonyl (C=O) groups is 2. The summed E-state index contributed by atoms with van der Waals surface area (Å²) in [5.41, 5.74) is 7.22. The Balaban J connectivity index is 1.25. The molecule has 1 unspecified atom stereocenters. The topological polar surface area (TPSA) is 93.7 Å². The maximum absolute atomic E-state index is 13.3. The summed E-state index contributed by atoms with van der Waals surface area (Å²) in [5, 5.41) is 9.36. The number of hydrogen-bond donors (Lipinski definition) is 1. The number of fused-ring (bicyclic) bond motifs is 3. The predicted molar refractivity (Wildman–Crippen MR) is 111 cm³/mol. The fourth-order valence-electron chi connectivity index (χ4n) is 5.99. The second kappa shape index (κ2) is 7.57. The van der Waals surface area contributed by atoms with E-state index < -0.39 is 6.04 Å². The van der Waals surface area contributed by atoms with Gasteiger partial charge in [0.25, 0.3) is 0 Å². The van der Waals surface area contributed by atoms with E-state index >= 15 is 0 Å². The normalized spacial score (nSPS) is 33.4. The van der Waals surface area contributed by atoms with Crippen molar-refractivity contribution in [2.24, 2.45) is 11.7 Å². The van der Waals surface area contributed by atoms with E-state index in [0.29, 0.717) is 19.0 Å². The number of rotatable bonds is 6. The van der Waals surface area contributed by atoms with Gasteiger partial charge in [-0.05, 0) is 49.3 Å². The van der Waals surface area contributed by atoms with Crippen LogP contribution in [0.15, 0.2) is 24.3 Å². The molecule has 7 atom stereocenters. The maximum atomic E-state index is 13.3. The Morgan fingerprint density at radius 3 is 2.68 bits per heavy atom. The number of nitriles is 1. The molecule has 8 heteroatoms. The second-order valence-corrected chi connectivity index (χ2v) is 9.38. The number of benzene rings is 1. The minimum atomic E-state index is -0.727. The van der Waals surface area contributed by atoms with Gasteiger partial charge < -0.3 is 15.5 Å². The van der Waals surface area contributed by atoms with E-state index in [0.717, 1.165) is 31.2 Å². The van der Waals surface area contributed by atoms with Gasteiger partial charge in [0.15, 0.2) is 0 Å². The monoisotopic (exact) mass is 425 g/mol. The summed E-state index contributed by atoms with van der Waals surface area (Å²) in [5.74, 6) is 0.0646. The van der Waals surface area contributed by atoms with E-state index in [1.165, 1.54) is 12.1 Å². The molecule has 7 nitrogen and oxygen atoms in total. The molecule has 1 aromatic rings. The Morgan fingerprint density at radius 1 is 1.29 bits per heavy atom. The molecule has 2 N–H and O–H groups in total. The van der Waals surface area contributed by atoms with Gasteiger partial charge in [0.2, 0.25) is 11.8 Å². The number of likely N-dealkylation sites (tertiary alicyclic amines) is 3. The average molecular weight is 426 g/mol. The zero-order chi connectivity index (χ0) is 21.9. The van der Waals surface area contributed by atoms with Crippen LogP contribution in [0.3, 0.4) is 0 Å². The molecule has 31 heavy (non-hydrogen) atoms. The van der Waals surface area contributed by atoms with Crippen LogP contribution in [0.1, 0.15) is 44.2 Å². The van der Waals surface area contributed by atoms with E-state index in [-0.39, 0.29) is 47.8 Å². The fraction of sp³-hybridized carbons (Fsp3) is 0.609. The van der Waals surface area contributed by atoms with Crippen LogP contribution in [0.2, 0.25) is 0 Å². The first kappa shape index (κ1) is 20.4. The van der Waals surface area contributed by atoms with Crippen LogP contribution < -0.4 is 5.73 Å². The van der Waals surface area contributed by atoms with Crippen LogP contribution >= 0.6 is 0 Å². The SMILES string of the molecule is CC[C@H](c1ccc(F)cc1)N1C(=O)[C@@H]2CC1CN2C[C@H](N)C(=O)N1[C@H](C#N)C[C@@H]2C[C@@H]21. The molecule has 164 valence electrons. The first-order valence-corrected chi connectivity index (χ1v) is 11.2. The summed E-state index contributed by atoms with van der Waals surface area (Å²) in [6.07, 6.45) is 3.21. The number of carbonyl (C=O) groups excluding carboxylic acids is 2. The van der Waals surface area contributed by atoms with Gasteiger partial charge in [0.1, 0.15) is 11.9 Å². The third-order valence-corrected chi connectivity index (χ3v) is 7.55. The zero-order valence-corrected chi connectivity index (χ0v) is 17.7. The van der Waals surface area contributed by atoms with Gasteiger partial charge in [-0.3, -0.25) is 14.5 Å². The molecule has 4 aliphatic rings. The summed E-state index contributed by atoms with van der Waals surface area (Å²) >= 11 is 0. The molecular weight excluding hydrogens is 397 g/mol. The minimum Gasteiger partial charge on any atom is -0.330 e. The lowest BCUT2D eigenvalue weighted by Crippen LogP contribution is -2.57. The Labute approximate surface area is 181 Å². The van der Waals surface area contributed by atoms with E-state index in [1.807, 2.05) is 16.7 Å². The van der Waals surface area contributed by atoms with Crippen molar-refractivity contribution in [3.8, 4) is 6.07 Å². The summed E-state index contributed by atoms with van der Waals surface area (Å²) < 4.78 is 13.3. The van der Waals surface area contributed by atoms with Crippen molar-refractivity contribution < 1.29 is 14.0 Å². The molecule has 1 saturated carbocycles. The smallest absolute Gasteiger partial charge is 0.242 e. The molecule has 3 heterocycles. The molecule has 4 fully saturated rings. The van der Waals surface area contributed by atoms with Crippen LogP contribution in [-0.4, -0.2) is 69.8 Å². The molecule has 0 spiro atoms. The van der Waals surface area contributed by atoms with Crippen molar-refractivity contribution in [1.82, 2.24) is 14.7 Å². The van der Waals surface area contributed by atoms with E-state index in [9.17, 15) is 19.2 Å². The van der Waals surface area contributed by atoms with Gasteiger partial charge in [-0.2, -0.15) is 5.26 Å². The van der Waals surface area contributed by atoms with Crippen molar-refractivity contribution in [3.05, 3.63) is 35.6 Å². The molecule has 0 aromatic heterocycles. The third kappa shape index (κ3) is 3.31. The summed E-state index contributed by atoms with van der Waals surface area (Å²) in [4.78, 5) is 31.8. The summed E-state index contributed by atoms with van der Waals surface area (Å²) in [6.45, 7) is 3.05. The van der Waals surface area contributed by atoms with Gasteiger partial charge in [0.05, 0.1) is 24.2 Å². The van der Waals surface area contributed by atoms with Crippen LogP contribution in [0.25, 0.3) is 0 Å². The molecular formula is C23H28FN5O2. The molecule has 3 saturated heterocycles. The highest BCUT2D eigenvalue weighted by Crippen LogP contribution is 2.48. The van der Waals surface area contributed by atoms with E-state index in [4.69, 9.17) is 5.73 Å². The van der Waals surface area contributed by atoms with Gasteiger partial charge in [-0.25, -0.2) is 4.39 Å². The molecule has 2 amide bonds. The van der Waals surface area contributed by atoms with Crippen LogP contribution in [0.5, 0.6) is 0 Å². The quantitative estimate of drug-likeness (QED) is 0.744. The highest BCUT2D eigenvalue weighted by atomic mass is 19.1. The summed E-state index contributed by atoms with van der Waals surface area (Å²) in [7, 11) is 0. The number of halogens is 1. The Hall–Kier alpha value is -2.50. The van der Waals surface area contributed by atoms with Gasteiger partial charge >= 0.3 is 0 Å². The van der Waals surface area contributed by atoms with Crippen LogP contribution in [0, 0.1) is 23.1 Å². The van der Waals surface area contributed by atoms with Crippen LogP contribution in [-0.2, 0) is 9.59 Å². The number of piperazine rings is 1. The molecule has 2 bridgehead atoms. The van der Waals surface area contributed by atoms with Crippen molar-refractivity contribution in [3.63, 3.8) is 0 Å². The van der Waals surface area contributed by atoms with Gasteiger partial charge in [-0.1, -0.05) is 19.1 Å². The summed E-state index contributed by atoms with van der Waals surface area (Å²) in [6, 6.07) is 7.42. The predicted octanol–water partition coefficient (Wildman–Crippen LogP) is 1.40. The lowest BCUT2D eigenvalue weighted by atomic mass is 10.0. The number of amides is 2. The number of nitrogens with two attached hydrogens (primary N) is 1. The largest absolute Gasteiger partial charge is 0.330 e.